The van der Waals surface area contributed by atoms with Crippen LogP contribution in [0.1, 0.15) is 22.8 Å². The maximum absolute atomic E-state index is 13.7. The molecular formula is C21H24F3N5O2. The summed E-state index contributed by atoms with van der Waals surface area (Å²) in [5.74, 6) is -4.98. The number of guanidine groups is 1. The first-order chi connectivity index (χ1) is 14.8. The highest BCUT2D eigenvalue weighted by molar-refractivity contribution is 5.94. The zero-order valence-electron chi connectivity index (χ0n) is 17.2. The van der Waals surface area contributed by atoms with Crippen molar-refractivity contribution in [1.82, 2.24) is 16.0 Å². The largest absolute Gasteiger partial charge is 0.357 e. The van der Waals surface area contributed by atoms with Crippen molar-refractivity contribution in [2.45, 2.75) is 13.3 Å². The van der Waals surface area contributed by atoms with E-state index in [9.17, 15) is 22.8 Å². The third-order valence-electron chi connectivity index (χ3n) is 4.16. The molecule has 0 aromatic heterocycles. The van der Waals surface area contributed by atoms with Crippen LogP contribution < -0.4 is 21.3 Å². The number of hydrogen-bond acceptors (Lipinski definition) is 3. The number of amides is 2. The molecule has 0 aliphatic rings. The molecule has 0 radical (unpaired) electrons. The summed E-state index contributed by atoms with van der Waals surface area (Å²) in [4.78, 5) is 27.8. The SMILES string of the molecule is CCNC(=NCC(=O)Nc1ccc(F)c(F)c1F)NCCc1cccc(C(=O)NC)c1. The topological polar surface area (TPSA) is 94.6 Å². The van der Waals surface area contributed by atoms with Crippen LogP contribution in [0.4, 0.5) is 18.9 Å². The van der Waals surface area contributed by atoms with E-state index >= 15 is 0 Å². The zero-order valence-corrected chi connectivity index (χ0v) is 17.2. The summed E-state index contributed by atoms with van der Waals surface area (Å²) >= 11 is 0. The first kappa shape index (κ1) is 23.7. The molecule has 0 fully saturated rings. The van der Waals surface area contributed by atoms with Crippen molar-refractivity contribution in [3.63, 3.8) is 0 Å². The Balaban J connectivity index is 1.92. The molecule has 10 heteroatoms. The van der Waals surface area contributed by atoms with Crippen LogP contribution in [0.15, 0.2) is 41.4 Å². The van der Waals surface area contributed by atoms with E-state index in [1.165, 1.54) is 0 Å². The van der Waals surface area contributed by atoms with Gasteiger partial charge in [-0.15, -0.1) is 0 Å². The van der Waals surface area contributed by atoms with Crippen molar-refractivity contribution in [2.24, 2.45) is 4.99 Å². The second kappa shape index (κ2) is 11.6. The highest BCUT2D eigenvalue weighted by Gasteiger charge is 2.15. The van der Waals surface area contributed by atoms with Crippen molar-refractivity contribution >= 4 is 23.5 Å². The predicted molar refractivity (Wildman–Crippen MR) is 112 cm³/mol. The molecule has 2 amide bonds. The van der Waals surface area contributed by atoms with Crippen LogP contribution in [0.5, 0.6) is 0 Å². The van der Waals surface area contributed by atoms with Gasteiger partial charge < -0.3 is 21.3 Å². The molecule has 0 saturated carbocycles. The van der Waals surface area contributed by atoms with Crippen LogP contribution in [-0.2, 0) is 11.2 Å². The lowest BCUT2D eigenvalue weighted by atomic mass is 10.1. The highest BCUT2D eigenvalue weighted by atomic mass is 19.2. The normalized spacial score (nSPS) is 11.1. The van der Waals surface area contributed by atoms with Gasteiger partial charge in [0, 0.05) is 25.7 Å². The van der Waals surface area contributed by atoms with Crippen LogP contribution in [-0.4, -0.2) is 44.5 Å². The number of aliphatic imine (C=N–C) groups is 1. The average molecular weight is 435 g/mol. The van der Waals surface area contributed by atoms with Crippen molar-refractivity contribution in [3.05, 3.63) is 65.0 Å². The fourth-order valence-electron chi connectivity index (χ4n) is 2.64. The third kappa shape index (κ3) is 7.02. The smallest absolute Gasteiger partial charge is 0.251 e. The fourth-order valence-corrected chi connectivity index (χ4v) is 2.64. The monoisotopic (exact) mass is 435 g/mol. The summed E-state index contributed by atoms with van der Waals surface area (Å²) in [6.45, 7) is 2.50. The molecule has 2 rings (SSSR count). The van der Waals surface area contributed by atoms with E-state index in [0.29, 0.717) is 31.0 Å². The van der Waals surface area contributed by atoms with Crippen LogP contribution in [0.25, 0.3) is 0 Å². The minimum atomic E-state index is -1.66. The minimum Gasteiger partial charge on any atom is -0.357 e. The number of benzene rings is 2. The van der Waals surface area contributed by atoms with Gasteiger partial charge in [-0.1, -0.05) is 12.1 Å². The number of nitrogens with one attached hydrogen (secondary N) is 4. The number of rotatable bonds is 8. The minimum absolute atomic E-state index is 0.173. The lowest BCUT2D eigenvalue weighted by molar-refractivity contribution is -0.114. The van der Waals surface area contributed by atoms with Gasteiger partial charge in [0.25, 0.3) is 5.91 Å². The van der Waals surface area contributed by atoms with Gasteiger partial charge in [-0.25, -0.2) is 18.2 Å². The average Bonchev–Trinajstić information content (AvgIpc) is 2.77. The van der Waals surface area contributed by atoms with E-state index in [4.69, 9.17) is 0 Å². The molecule has 31 heavy (non-hydrogen) atoms. The summed E-state index contributed by atoms with van der Waals surface area (Å²) < 4.78 is 39.9. The predicted octanol–water partition coefficient (Wildman–Crippen LogP) is 2.20. The lowest BCUT2D eigenvalue weighted by Gasteiger charge is -2.12. The standard InChI is InChI=1S/C21H24F3N5O2/c1-3-26-21(27-10-9-13-5-4-6-14(11-13)20(31)25-2)28-12-17(30)29-16-8-7-15(22)18(23)19(16)24/h4-8,11H,3,9-10,12H2,1-2H3,(H,25,31)(H,29,30)(H2,26,27,28). The second-order valence-electron chi connectivity index (χ2n) is 6.42. The van der Waals surface area contributed by atoms with Crippen molar-refractivity contribution in [1.29, 1.82) is 0 Å². The summed E-state index contributed by atoms with van der Waals surface area (Å²) in [6.07, 6.45) is 0.599. The van der Waals surface area contributed by atoms with E-state index in [0.717, 1.165) is 17.7 Å². The van der Waals surface area contributed by atoms with Gasteiger partial charge >= 0.3 is 0 Å². The Hall–Kier alpha value is -3.56. The van der Waals surface area contributed by atoms with E-state index in [1.54, 1.807) is 25.2 Å². The maximum Gasteiger partial charge on any atom is 0.251 e. The van der Waals surface area contributed by atoms with Crippen LogP contribution in [0.2, 0.25) is 0 Å². The molecule has 0 unspecified atom stereocenters. The Labute approximate surface area is 178 Å². The van der Waals surface area contributed by atoms with Crippen LogP contribution in [0.3, 0.4) is 0 Å². The Morgan fingerprint density at radius 3 is 2.52 bits per heavy atom. The van der Waals surface area contributed by atoms with E-state index in [1.807, 2.05) is 13.0 Å². The molecule has 2 aromatic carbocycles. The van der Waals surface area contributed by atoms with Crippen molar-refractivity contribution in [3.8, 4) is 0 Å². The molecule has 4 N–H and O–H groups in total. The molecule has 7 nitrogen and oxygen atoms in total. The number of carbonyl (C=O) groups is 2. The first-order valence-corrected chi connectivity index (χ1v) is 9.62. The second-order valence-corrected chi connectivity index (χ2v) is 6.42. The highest BCUT2D eigenvalue weighted by Crippen LogP contribution is 2.19. The summed E-state index contributed by atoms with van der Waals surface area (Å²) in [6, 6.07) is 8.85. The quantitative estimate of drug-likeness (QED) is 0.291. The van der Waals surface area contributed by atoms with Crippen molar-refractivity contribution < 1.29 is 22.8 Å². The fraction of sp³-hybridized carbons (Fsp3) is 0.286. The van der Waals surface area contributed by atoms with Gasteiger partial charge in [-0.3, -0.25) is 9.59 Å². The van der Waals surface area contributed by atoms with Gasteiger partial charge in [-0.2, -0.15) is 0 Å². The molecule has 2 aromatic rings. The van der Waals surface area contributed by atoms with Crippen LogP contribution in [0, 0.1) is 17.5 Å². The molecule has 0 heterocycles. The molecule has 0 spiro atoms. The molecule has 0 aliphatic heterocycles. The Morgan fingerprint density at radius 1 is 1.03 bits per heavy atom. The van der Waals surface area contributed by atoms with Gasteiger partial charge in [0.15, 0.2) is 23.4 Å². The van der Waals surface area contributed by atoms with Gasteiger partial charge in [-0.05, 0) is 43.2 Å². The maximum atomic E-state index is 13.7. The number of carbonyl (C=O) groups excluding carboxylic acids is 2. The van der Waals surface area contributed by atoms with Gasteiger partial charge in [0.1, 0.15) is 6.54 Å². The summed E-state index contributed by atoms with van der Waals surface area (Å²) in [5, 5.41) is 10.7. The molecule has 0 bridgehead atoms. The molecule has 0 aliphatic carbocycles. The Morgan fingerprint density at radius 2 is 1.81 bits per heavy atom. The summed E-state index contributed by atoms with van der Waals surface area (Å²) in [5.41, 5.74) is 1.03. The molecule has 166 valence electrons. The third-order valence-corrected chi connectivity index (χ3v) is 4.16. The van der Waals surface area contributed by atoms with Gasteiger partial charge in [0.2, 0.25) is 5.91 Å². The van der Waals surface area contributed by atoms with Crippen LogP contribution >= 0.6 is 0 Å². The van der Waals surface area contributed by atoms with Gasteiger partial charge in [0.05, 0.1) is 5.69 Å². The molecule has 0 saturated heterocycles. The Bertz CT molecular complexity index is 966. The number of hydrogen-bond donors (Lipinski definition) is 4. The Kier molecular flexibility index (Phi) is 8.86. The molecule has 0 atom stereocenters. The molecular weight excluding hydrogens is 411 g/mol. The number of halogens is 3. The number of nitrogens with zero attached hydrogens (tertiary/aromatic N) is 1. The van der Waals surface area contributed by atoms with E-state index in [-0.39, 0.29) is 12.5 Å². The lowest BCUT2D eigenvalue weighted by Crippen LogP contribution is -2.39. The zero-order chi connectivity index (χ0) is 22.8. The number of anilines is 1. The first-order valence-electron chi connectivity index (χ1n) is 9.62. The van der Waals surface area contributed by atoms with E-state index in [2.05, 4.69) is 26.3 Å². The van der Waals surface area contributed by atoms with E-state index < -0.39 is 29.0 Å². The van der Waals surface area contributed by atoms with Crippen molar-refractivity contribution in [2.75, 3.05) is 32.0 Å². The summed E-state index contributed by atoms with van der Waals surface area (Å²) in [7, 11) is 1.56.